The van der Waals surface area contributed by atoms with Gasteiger partial charge in [0.25, 0.3) is 0 Å². The molecule has 0 spiro atoms. The predicted octanol–water partition coefficient (Wildman–Crippen LogP) is 2.53. The molecule has 0 aromatic heterocycles. The molecule has 2 aliphatic rings. The second-order valence-electron chi connectivity index (χ2n) is 7.84. The van der Waals surface area contributed by atoms with Crippen molar-refractivity contribution in [3.63, 3.8) is 0 Å². The minimum absolute atomic E-state index is 0.170. The van der Waals surface area contributed by atoms with Crippen LogP contribution in [0.3, 0.4) is 0 Å². The molecule has 128 valence electrons. The third-order valence-electron chi connectivity index (χ3n) is 4.67. The first-order valence-corrected chi connectivity index (χ1v) is 8.69. The molecule has 1 saturated carbocycles. The van der Waals surface area contributed by atoms with Gasteiger partial charge in [-0.1, -0.05) is 6.42 Å². The van der Waals surface area contributed by atoms with Crippen LogP contribution in [0.25, 0.3) is 0 Å². The van der Waals surface area contributed by atoms with E-state index in [2.05, 4.69) is 5.32 Å². The van der Waals surface area contributed by atoms with Crippen LogP contribution in [0.2, 0.25) is 0 Å². The molecule has 0 aromatic rings. The molecule has 5 heteroatoms. The summed E-state index contributed by atoms with van der Waals surface area (Å²) in [5.41, 5.74) is -0.441. The SMILES string of the molecule is C[C@@H](O)CN[C@@H]1CCC[C@@H]1[C@@H]1CCCN1C(=O)OC(C)(C)C. The summed E-state index contributed by atoms with van der Waals surface area (Å²) in [4.78, 5) is 14.4. The largest absolute Gasteiger partial charge is 0.444 e. The Morgan fingerprint density at radius 2 is 2.05 bits per heavy atom. The second-order valence-corrected chi connectivity index (χ2v) is 7.84. The van der Waals surface area contributed by atoms with E-state index in [1.54, 1.807) is 6.92 Å². The average Bonchev–Trinajstić information content (AvgIpc) is 3.02. The minimum Gasteiger partial charge on any atom is -0.444 e. The number of likely N-dealkylation sites (tertiary alicyclic amines) is 1. The summed E-state index contributed by atoms with van der Waals surface area (Å²) in [5, 5.41) is 13.0. The zero-order valence-electron chi connectivity index (χ0n) is 14.5. The highest BCUT2D eigenvalue weighted by atomic mass is 16.6. The van der Waals surface area contributed by atoms with Gasteiger partial charge in [0, 0.05) is 25.2 Å². The molecule has 4 atom stereocenters. The quantitative estimate of drug-likeness (QED) is 0.837. The molecule has 5 nitrogen and oxygen atoms in total. The van der Waals surface area contributed by atoms with Crippen LogP contribution in [-0.4, -0.2) is 53.0 Å². The van der Waals surface area contributed by atoms with E-state index >= 15 is 0 Å². The third-order valence-corrected chi connectivity index (χ3v) is 4.67. The van der Waals surface area contributed by atoms with Crippen molar-refractivity contribution in [2.24, 2.45) is 5.92 Å². The van der Waals surface area contributed by atoms with Gasteiger partial charge in [-0.05, 0) is 59.3 Å². The lowest BCUT2D eigenvalue weighted by molar-refractivity contribution is 0.0164. The van der Waals surface area contributed by atoms with Crippen molar-refractivity contribution in [1.82, 2.24) is 10.2 Å². The number of aliphatic hydroxyl groups is 1. The number of nitrogens with zero attached hydrogens (tertiary/aromatic N) is 1. The maximum Gasteiger partial charge on any atom is 0.410 e. The van der Waals surface area contributed by atoms with E-state index in [0.717, 1.165) is 32.2 Å². The van der Waals surface area contributed by atoms with Gasteiger partial charge in [0.15, 0.2) is 0 Å². The first-order valence-electron chi connectivity index (χ1n) is 8.69. The normalized spacial score (nSPS) is 30.6. The summed E-state index contributed by atoms with van der Waals surface area (Å²) in [7, 11) is 0. The molecule has 2 fully saturated rings. The van der Waals surface area contributed by atoms with Crippen LogP contribution in [0.5, 0.6) is 0 Å². The summed E-state index contributed by atoms with van der Waals surface area (Å²) < 4.78 is 5.57. The first-order chi connectivity index (χ1) is 10.3. The van der Waals surface area contributed by atoms with Crippen LogP contribution < -0.4 is 5.32 Å². The molecular formula is C17H32N2O3. The topological polar surface area (TPSA) is 61.8 Å². The Morgan fingerprint density at radius 3 is 2.68 bits per heavy atom. The standard InChI is InChI=1S/C17H32N2O3/c1-12(20)11-18-14-8-5-7-13(14)15-9-6-10-19(15)16(21)22-17(2,3)4/h12-15,18,20H,5-11H2,1-4H3/t12-,13+,14-,15+/m1/s1. The molecule has 1 saturated heterocycles. The van der Waals surface area contributed by atoms with Gasteiger partial charge in [-0.25, -0.2) is 4.79 Å². The molecule has 0 unspecified atom stereocenters. The smallest absolute Gasteiger partial charge is 0.410 e. The van der Waals surface area contributed by atoms with Crippen LogP contribution in [0.1, 0.15) is 59.8 Å². The van der Waals surface area contributed by atoms with Crippen molar-refractivity contribution in [2.45, 2.75) is 83.6 Å². The van der Waals surface area contributed by atoms with E-state index in [0.29, 0.717) is 18.5 Å². The molecule has 1 aliphatic carbocycles. The van der Waals surface area contributed by atoms with Gasteiger partial charge in [-0.15, -0.1) is 0 Å². The second kappa shape index (κ2) is 7.18. The van der Waals surface area contributed by atoms with Gasteiger partial charge in [0.2, 0.25) is 0 Å². The van der Waals surface area contributed by atoms with Gasteiger partial charge in [0.05, 0.1) is 6.10 Å². The van der Waals surface area contributed by atoms with Crippen molar-refractivity contribution >= 4 is 6.09 Å². The van der Waals surface area contributed by atoms with E-state index in [4.69, 9.17) is 4.74 Å². The molecule has 0 bridgehead atoms. The fourth-order valence-electron chi connectivity index (χ4n) is 3.81. The van der Waals surface area contributed by atoms with E-state index in [-0.39, 0.29) is 18.2 Å². The Bertz CT molecular complexity index is 379. The number of hydrogen-bond donors (Lipinski definition) is 2. The number of carbonyl (C=O) groups is 1. The first kappa shape index (κ1) is 17.5. The van der Waals surface area contributed by atoms with E-state index in [9.17, 15) is 9.90 Å². The highest BCUT2D eigenvalue weighted by molar-refractivity contribution is 5.69. The number of rotatable bonds is 4. The highest BCUT2D eigenvalue weighted by Gasteiger charge is 2.41. The highest BCUT2D eigenvalue weighted by Crippen LogP contribution is 2.36. The number of amides is 1. The summed E-state index contributed by atoms with van der Waals surface area (Å²) in [6, 6.07) is 0.687. The fraction of sp³-hybridized carbons (Fsp3) is 0.941. The molecule has 0 radical (unpaired) electrons. The van der Waals surface area contributed by atoms with Crippen LogP contribution in [0.4, 0.5) is 4.79 Å². The summed E-state index contributed by atoms with van der Waals surface area (Å²) in [5.74, 6) is 0.480. The van der Waals surface area contributed by atoms with Gasteiger partial charge >= 0.3 is 6.09 Å². The maximum absolute atomic E-state index is 12.4. The van der Waals surface area contributed by atoms with Crippen LogP contribution in [-0.2, 0) is 4.74 Å². The van der Waals surface area contributed by atoms with E-state index in [1.807, 2.05) is 25.7 Å². The summed E-state index contributed by atoms with van der Waals surface area (Å²) in [6.45, 7) is 8.98. The molecule has 0 aromatic carbocycles. The average molecular weight is 312 g/mol. The zero-order chi connectivity index (χ0) is 16.3. The molecule has 22 heavy (non-hydrogen) atoms. The van der Waals surface area contributed by atoms with Gasteiger partial charge < -0.3 is 20.1 Å². The minimum atomic E-state index is -0.441. The lowest BCUT2D eigenvalue weighted by Gasteiger charge is -2.34. The molecular weight excluding hydrogens is 280 g/mol. The number of carbonyl (C=O) groups excluding carboxylic acids is 1. The number of ether oxygens (including phenoxy) is 1. The van der Waals surface area contributed by atoms with Crippen molar-refractivity contribution in [3.05, 3.63) is 0 Å². The van der Waals surface area contributed by atoms with Crippen LogP contribution in [0.15, 0.2) is 0 Å². The Morgan fingerprint density at radius 1 is 1.32 bits per heavy atom. The number of aliphatic hydroxyl groups excluding tert-OH is 1. The fourth-order valence-corrected chi connectivity index (χ4v) is 3.81. The predicted molar refractivity (Wildman–Crippen MR) is 86.8 cm³/mol. The third kappa shape index (κ3) is 4.59. The molecule has 2 N–H and O–H groups in total. The molecule has 1 amide bonds. The summed E-state index contributed by atoms with van der Waals surface area (Å²) >= 11 is 0. The Labute approximate surface area is 134 Å². The molecule has 1 heterocycles. The van der Waals surface area contributed by atoms with E-state index in [1.165, 1.54) is 6.42 Å². The van der Waals surface area contributed by atoms with Gasteiger partial charge in [-0.2, -0.15) is 0 Å². The lowest BCUT2D eigenvalue weighted by atomic mass is 9.92. The Kier molecular flexibility index (Phi) is 5.72. The zero-order valence-corrected chi connectivity index (χ0v) is 14.5. The van der Waals surface area contributed by atoms with Crippen molar-refractivity contribution in [3.8, 4) is 0 Å². The molecule has 2 rings (SSSR count). The number of hydrogen-bond acceptors (Lipinski definition) is 4. The van der Waals surface area contributed by atoms with Crippen LogP contribution >= 0.6 is 0 Å². The van der Waals surface area contributed by atoms with E-state index < -0.39 is 5.60 Å². The van der Waals surface area contributed by atoms with Crippen molar-refractivity contribution in [2.75, 3.05) is 13.1 Å². The van der Waals surface area contributed by atoms with Crippen molar-refractivity contribution in [1.29, 1.82) is 0 Å². The van der Waals surface area contributed by atoms with Crippen molar-refractivity contribution < 1.29 is 14.6 Å². The Balaban J connectivity index is 1.98. The van der Waals surface area contributed by atoms with Crippen LogP contribution in [0, 0.1) is 5.92 Å². The lowest BCUT2D eigenvalue weighted by Crippen LogP contribution is -2.48. The van der Waals surface area contributed by atoms with Gasteiger partial charge in [0.1, 0.15) is 5.60 Å². The van der Waals surface area contributed by atoms with Gasteiger partial charge in [-0.3, -0.25) is 0 Å². The molecule has 1 aliphatic heterocycles. The maximum atomic E-state index is 12.4. The Hall–Kier alpha value is -0.810. The number of nitrogens with one attached hydrogen (secondary N) is 1. The summed E-state index contributed by atoms with van der Waals surface area (Å²) in [6.07, 6.45) is 5.11. The monoisotopic (exact) mass is 312 g/mol.